The fraction of sp³-hybridized carbons (Fsp3) is 0.222. The van der Waals surface area contributed by atoms with Gasteiger partial charge in [-0.1, -0.05) is 41.5 Å². The van der Waals surface area contributed by atoms with Crippen LogP contribution in [0.1, 0.15) is 5.56 Å². The Morgan fingerprint density at radius 3 is 2.25 bits per heavy atom. The monoisotopic (exact) mass is 297 g/mol. The van der Waals surface area contributed by atoms with E-state index in [1.54, 1.807) is 18.2 Å². The Balaban J connectivity index is 3.01. The fourth-order valence-corrected chi connectivity index (χ4v) is 3.67. The summed E-state index contributed by atoms with van der Waals surface area (Å²) in [7, 11) is -3.41. The maximum atomic E-state index is 11.6. The summed E-state index contributed by atoms with van der Waals surface area (Å²) >= 11 is 16.3. The molecule has 0 aliphatic rings. The van der Waals surface area contributed by atoms with E-state index in [9.17, 15) is 8.42 Å². The first-order chi connectivity index (χ1) is 7.32. The average molecular weight is 298 g/mol. The minimum absolute atomic E-state index is 0.0665. The summed E-state index contributed by atoms with van der Waals surface area (Å²) in [5.74, 6) is -0.604. The summed E-state index contributed by atoms with van der Waals surface area (Å²) in [6.45, 7) is 0. The molecule has 16 heavy (non-hydrogen) atoms. The Morgan fingerprint density at radius 1 is 1.31 bits per heavy atom. The van der Waals surface area contributed by atoms with Gasteiger partial charge in [0, 0.05) is 15.6 Å². The van der Waals surface area contributed by atoms with Crippen molar-refractivity contribution >= 4 is 50.2 Å². The third-order valence-electron chi connectivity index (χ3n) is 1.79. The third-order valence-corrected chi connectivity index (χ3v) is 4.30. The van der Waals surface area contributed by atoms with E-state index in [1.807, 2.05) is 0 Å². The third kappa shape index (κ3) is 3.90. The van der Waals surface area contributed by atoms with Crippen LogP contribution in [0.25, 0.3) is 0 Å². The molecule has 1 aromatic carbocycles. The second-order valence-electron chi connectivity index (χ2n) is 3.20. The van der Waals surface area contributed by atoms with E-state index >= 15 is 0 Å². The minimum Gasteiger partial charge on any atom is -0.392 e. The zero-order valence-corrected chi connectivity index (χ0v) is 11.3. The van der Waals surface area contributed by atoms with Crippen molar-refractivity contribution in [2.24, 2.45) is 5.73 Å². The van der Waals surface area contributed by atoms with Crippen LogP contribution in [0.5, 0.6) is 0 Å². The lowest BCUT2D eigenvalue weighted by Gasteiger charge is -2.07. The van der Waals surface area contributed by atoms with E-state index in [-0.39, 0.29) is 16.5 Å². The van der Waals surface area contributed by atoms with Crippen LogP contribution in [-0.2, 0) is 15.6 Å². The number of thiocarbonyl (C=S) groups is 1. The van der Waals surface area contributed by atoms with Crippen molar-refractivity contribution in [3.8, 4) is 0 Å². The fourth-order valence-electron chi connectivity index (χ4n) is 1.16. The second kappa shape index (κ2) is 5.31. The maximum Gasteiger partial charge on any atom is 0.161 e. The molecule has 0 aliphatic heterocycles. The van der Waals surface area contributed by atoms with Crippen LogP contribution in [0.2, 0.25) is 10.0 Å². The van der Waals surface area contributed by atoms with Crippen LogP contribution in [0.4, 0.5) is 0 Å². The standard InChI is InChI=1S/C9H9Cl2NO2S2/c10-7-2-1-3-8(11)6(7)4-16(13,14)5-9(12)15/h1-3H,4-5H2,(H2,12,15). The Morgan fingerprint density at radius 2 is 1.81 bits per heavy atom. The Bertz CT molecular complexity index is 494. The molecule has 0 fully saturated rings. The predicted molar refractivity (Wildman–Crippen MR) is 70.7 cm³/mol. The highest BCUT2D eigenvalue weighted by Crippen LogP contribution is 2.26. The molecule has 1 aromatic rings. The molecule has 0 heterocycles. The van der Waals surface area contributed by atoms with E-state index in [4.69, 9.17) is 28.9 Å². The number of benzene rings is 1. The summed E-state index contributed by atoms with van der Waals surface area (Å²) in [5.41, 5.74) is 5.57. The van der Waals surface area contributed by atoms with Gasteiger partial charge < -0.3 is 5.73 Å². The molecule has 88 valence electrons. The smallest absolute Gasteiger partial charge is 0.161 e. The highest BCUT2D eigenvalue weighted by atomic mass is 35.5. The lowest BCUT2D eigenvalue weighted by atomic mass is 10.2. The van der Waals surface area contributed by atoms with Gasteiger partial charge in [0.2, 0.25) is 0 Å². The highest BCUT2D eigenvalue weighted by Gasteiger charge is 2.17. The molecule has 0 amide bonds. The van der Waals surface area contributed by atoms with E-state index < -0.39 is 9.84 Å². The zero-order valence-electron chi connectivity index (χ0n) is 8.11. The van der Waals surface area contributed by atoms with Crippen LogP contribution in [0.3, 0.4) is 0 Å². The van der Waals surface area contributed by atoms with Crippen LogP contribution in [-0.4, -0.2) is 19.2 Å². The van der Waals surface area contributed by atoms with Crippen molar-refractivity contribution < 1.29 is 8.42 Å². The van der Waals surface area contributed by atoms with Crippen LogP contribution in [0.15, 0.2) is 18.2 Å². The Kier molecular flexibility index (Phi) is 4.55. The molecule has 0 saturated heterocycles. The first-order valence-electron chi connectivity index (χ1n) is 4.23. The van der Waals surface area contributed by atoms with Crippen LogP contribution in [0, 0.1) is 0 Å². The summed E-state index contributed by atoms with van der Waals surface area (Å²) in [4.78, 5) is -0.0665. The van der Waals surface area contributed by atoms with Gasteiger partial charge in [-0.2, -0.15) is 0 Å². The van der Waals surface area contributed by atoms with Crippen LogP contribution < -0.4 is 5.73 Å². The van der Waals surface area contributed by atoms with E-state index in [0.717, 1.165) is 0 Å². The zero-order chi connectivity index (χ0) is 12.3. The SMILES string of the molecule is NC(=S)CS(=O)(=O)Cc1c(Cl)cccc1Cl. The molecule has 2 N–H and O–H groups in total. The van der Waals surface area contributed by atoms with Gasteiger partial charge in [-0.05, 0) is 12.1 Å². The number of rotatable bonds is 4. The Labute approximate surface area is 109 Å². The summed E-state index contributed by atoms with van der Waals surface area (Å²) < 4.78 is 23.3. The van der Waals surface area contributed by atoms with Crippen molar-refractivity contribution in [1.29, 1.82) is 0 Å². The molecule has 0 radical (unpaired) electrons. The van der Waals surface area contributed by atoms with Gasteiger partial charge in [-0.3, -0.25) is 0 Å². The van der Waals surface area contributed by atoms with Gasteiger partial charge in [0.25, 0.3) is 0 Å². The van der Waals surface area contributed by atoms with Gasteiger partial charge in [0.1, 0.15) is 5.75 Å². The quantitative estimate of drug-likeness (QED) is 0.866. The molecular formula is C9H9Cl2NO2S2. The normalized spacial score (nSPS) is 11.4. The van der Waals surface area contributed by atoms with Gasteiger partial charge >= 0.3 is 0 Å². The van der Waals surface area contributed by atoms with Crippen molar-refractivity contribution in [2.45, 2.75) is 5.75 Å². The number of hydrogen-bond acceptors (Lipinski definition) is 3. The molecule has 3 nitrogen and oxygen atoms in total. The van der Waals surface area contributed by atoms with Gasteiger partial charge in [-0.15, -0.1) is 0 Å². The van der Waals surface area contributed by atoms with Crippen molar-refractivity contribution in [2.75, 3.05) is 5.75 Å². The van der Waals surface area contributed by atoms with E-state index in [2.05, 4.69) is 12.2 Å². The largest absolute Gasteiger partial charge is 0.392 e. The average Bonchev–Trinajstić information content (AvgIpc) is 2.09. The van der Waals surface area contributed by atoms with Gasteiger partial charge in [0.15, 0.2) is 9.84 Å². The molecule has 0 bridgehead atoms. The molecular weight excluding hydrogens is 289 g/mol. The molecule has 0 unspecified atom stereocenters. The molecule has 0 saturated carbocycles. The van der Waals surface area contributed by atoms with E-state index in [1.165, 1.54) is 0 Å². The number of halogens is 2. The Hall–Kier alpha value is -0.360. The number of nitrogens with two attached hydrogens (primary N) is 1. The molecule has 1 rings (SSSR count). The minimum atomic E-state index is -3.41. The van der Waals surface area contributed by atoms with Crippen molar-refractivity contribution in [1.82, 2.24) is 0 Å². The lowest BCUT2D eigenvalue weighted by molar-refractivity contribution is 0.599. The maximum absolute atomic E-state index is 11.6. The molecule has 7 heteroatoms. The van der Waals surface area contributed by atoms with Gasteiger partial charge in [0.05, 0.1) is 10.7 Å². The summed E-state index contributed by atoms with van der Waals surface area (Å²) in [5, 5.41) is 0.637. The molecule has 0 atom stereocenters. The van der Waals surface area contributed by atoms with Crippen molar-refractivity contribution in [3.05, 3.63) is 33.8 Å². The van der Waals surface area contributed by atoms with Crippen molar-refractivity contribution in [3.63, 3.8) is 0 Å². The van der Waals surface area contributed by atoms with Gasteiger partial charge in [-0.25, -0.2) is 8.42 Å². The van der Waals surface area contributed by atoms with Crippen LogP contribution >= 0.6 is 35.4 Å². The first-order valence-corrected chi connectivity index (χ1v) is 7.22. The molecule has 0 aliphatic carbocycles. The molecule has 0 spiro atoms. The molecule has 0 aromatic heterocycles. The summed E-state index contributed by atoms with van der Waals surface area (Å²) in [6, 6.07) is 4.81. The number of hydrogen-bond donors (Lipinski definition) is 1. The first kappa shape index (κ1) is 13.7. The lowest BCUT2D eigenvalue weighted by Crippen LogP contribution is -2.22. The highest BCUT2D eigenvalue weighted by molar-refractivity contribution is 7.93. The summed E-state index contributed by atoms with van der Waals surface area (Å²) in [6.07, 6.45) is 0. The van der Waals surface area contributed by atoms with E-state index in [0.29, 0.717) is 15.6 Å². The number of sulfone groups is 1. The second-order valence-corrected chi connectivity index (χ2v) is 6.60. The topological polar surface area (TPSA) is 60.2 Å². The predicted octanol–water partition coefficient (Wildman–Crippen LogP) is 2.19.